The lowest BCUT2D eigenvalue weighted by molar-refractivity contribution is -0.138. The summed E-state index contributed by atoms with van der Waals surface area (Å²) in [5.41, 5.74) is -1.78. The first kappa shape index (κ1) is 10.5. The van der Waals surface area contributed by atoms with Crippen LogP contribution >= 0.6 is 0 Å². The molecule has 1 aromatic carbocycles. The summed E-state index contributed by atoms with van der Waals surface area (Å²) in [6.07, 6.45) is -4.74. The molecule has 2 N–H and O–H groups in total. The van der Waals surface area contributed by atoms with Gasteiger partial charge in [0.25, 0.3) is 11.7 Å². The summed E-state index contributed by atoms with van der Waals surface area (Å²) in [7, 11) is 0. The molecule has 4 nitrogen and oxygen atoms in total. The van der Waals surface area contributed by atoms with Crippen molar-refractivity contribution in [3.8, 4) is 5.75 Å². The molecule has 0 saturated heterocycles. The smallest absolute Gasteiger partial charge is 0.420 e. The Kier molecular flexibility index (Phi) is 1.94. The molecular weight excluding hydrogens is 227 g/mol. The summed E-state index contributed by atoms with van der Waals surface area (Å²) in [6.45, 7) is 0. The Hall–Kier alpha value is -2.05. The number of Topliss-reactive ketones (excluding diaryl/α,β-unsaturated/α-hetero) is 1. The molecule has 0 spiro atoms. The SMILES string of the molecule is O=C1Nc2cc(C(F)(F)F)c(O)cc2C1=O. The summed E-state index contributed by atoms with van der Waals surface area (Å²) in [4.78, 5) is 22.0. The second-order valence-corrected chi connectivity index (χ2v) is 3.20. The fraction of sp³-hybridized carbons (Fsp3) is 0.111. The number of nitrogens with one attached hydrogen (secondary N) is 1. The van der Waals surface area contributed by atoms with Crippen LogP contribution in [0.25, 0.3) is 0 Å². The molecule has 0 fully saturated rings. The number of phenolic OH excluding ortho intramolecular Hbond substituents is 1. The zero-order valence-corrected chi connectivity index (χ0v) is 7.55. The molecule has 0 unspecified atom stereocenters. The van der Waals surface area contributed by atoms with Crippen LogP contribution < -0.4 is 5.32 Å². The van der Waals surface area contributed by atoms with Crippen LogP contribution in [0.2, 0.25) is 0 Å². The van der Waals surface area contributed by atoms with Crippen molar-refractivity contribution in [1.29, 1.82) is 0 Å². The van der Waals surface area contributed by atoms with Gasteiger partial charge in [0, 0.05) is 0 Å². The van der Waals surface area contributed by atoms with E-state index in [0.29, 0.717) is 12.1 Å². The molecule has 0 radical (unpaired) electrons. The Balaban J connectivity index is 2.62. The van der Waals surface area contributed by atoms with Crippen LogP contribution in [0.15, 0.2) is 12.1 Å². The van der Waals surface area contributed by atoms with Gasteiger partial charge in [0.2, 0.25) is 0 Å². The molecule has 2 rings (SSSR count). The topological polar surface area (TPSA) is 66.4 Å². The Bertz CT molecular complexity index is 507. The molecule has 1 amide bonds. The molecule has 1 heterocycles. The van der Waals surface area contributed by atoms with Gasteiger partial charge in [-0.2, -0.15) is 13.2 Å². The molecule has 1 aliphatic heterocycles. The number of carbonyl (C=O) groups excluding carboxylic acids is 2. The molecule has 0 atom stereocenters. The van der Waals surface area contributed by atoms with E-state index in [0.717, 1.165) is 0 Å². The van der Waals surface area contributed by atoms with Crippen molar-refractivity contribution in [3.05, 3.63) is 23.3 Å². The number of rotatable bonds is 0. The second-order valence-electron chi connectivity index (χ2n) is 3.20. The van der Waals surface area contributed by atoms with E-state index < -0.39 is 29.2 Å². The van der Waals surface area contributed by atoms with Crippen LogP contribution in [0, 0.1) is 0 Å². The minimum Gasteiger partial charge on any atom is -0.507 e. The van der Waals surface area contributed by atoms with E-state index in [4.69, 9.17) is 5.11 Å². The Morgan fingerprint density at radius 1 is 1.19 bits per heavy atom. The summed E-state index contributed by atoms with van der Waals surface area (Å²) in [5.74, 6) is -3.04. The number of alkyl halides is 3. The van der Waals surface area contributed by atoms with Crippen molar-refractivity contribution in [1.82, 2.24) is 0 Å². The van der Waals surface area contributed by atoms with Gasteiger partial charge in [0.1, 0.15) is 5.75 Å². The molecule has 1 aromatic rings. The first-order chi connectivity index (χ1) is 7.30. The number of hydrogen-bond donors (Lipinski definition) is 2. The van der Waals surface area contributed by atoms with Gasteiger partial charge >= 0.3 is 6.18 Å². The molecule has 1 aliphatic rings. The minimum atomic E-state index is -4.74. The third-order valence-corrected chi connectivity index (χ3v) is 2.14. The lowest BCUT2D eigenvalue weighted by atomic mass is 10.1. The summed E-state index contributed by atoms with van der Waals surface area (Å²) in [5, 5.41) is 11.1. The third kappa shape index (κ3) is 1.40. The maximum absolute atomic E-state index is 12.4. The van der Waals surface area contributed by atoms with Crippen molar-refractivity contribution in [3.63, 3.8) is 0 Å². The van der Waals surface area contributed by atoms with Crippen molar-refractivity contribution >= 4 is 17.4 Å². The number of fused-ring (bicyclic) bond motifs is 1. The number of ketones is 1. The lowest BCUT2D eigenvalue weighted by Crippen LogP contribution is -2.12. The first-order valence-electron chi connectivity index (χ1n) is 4.10. The fourth-order valence-corrected chi connectivity index (χ4v) is 1.41. The molecule has 0 aliphatic carbocycles. The number of anilines is 1. The molecular formula is C9H4F3NO3. The summed E-state index contributed by atoms with van der Waals surface area (Å²) in [6, 6.07) is 1.17. The Morgan fingerprint density at radius 2 is 1.81 bits per heavy atom. The number of phenols is 1. The number of benzene rings is 1. The lowest BCUT2D eigenvalue weighted by Gasteiger charge is -2.10. The standard InChI is InChI=1S/C9H4F3NO3/c10-9(11,12)4-2-5-3(1-6(4)14)7(15)8(16)13-5/h1-2,14H,(H,13,15,16). The predicted molar refractivity (Wildman–Crippen MR) is 46.1 cm³/mol. The van der Waals surface area contributed by atoms with Crippen LogP contribution in [-0.2, 0) is 11.0 Å². The maximum atomic E-state index is 12.4. The highest BCUT2D eigenvalue weighted by molar-refractivity contribution is 6.51. The molecule has 0 bridgehead atoms. The van der Waals surface area contributed by atoms with E-state index >= 15 is 0 Å². The number of halogens is 3. The highest BCUT2D eigenvalue weighted by atomic mass is 19.4. The average Bonchev–Trinajstić information content (AvgIpc) is 2.41. The van der Waals surface area contributed by atoms with Gasteiger partial charge in [0.05, 0.1) is 16.8 Å². The van der Waals surface area contributed by atoms with Crippen molar-refractivity contribution in [2.24, 2.45) is 0 Å². The van der Waals surface area contributed by atoms with E-state index in [1.165, 1.54) is 0 Å². The highest BCUT2D eigenvalue weighted by Crippen LogP contribution is 2.40. The zero-order valence-electron chi connectivity index (χ0n) is 7.55. The molecule has 0 saturated carbocycles. The Labute approximate surface area is 86.7 Å². The summed E-state index contributed by atoms with van der Waals surface area (Å²) >= 11 is 0. The number of carbonyl (C=O) groups is 2. The zero-order chi connectivity index (χ0) is 12.1. The van der Waals surface area contributed by atoms with E-state index in [9.17, 15) is 22.8 Å². The normalized spacial score (nSPS) is 14.9. The first-order valence-corrected chi connectivity index (χ1v) is 4.10. The number of aromatic hydroxyl groups is 1. The quantitative estimate of drug-likeness (QED) is 0.525. The van der Waals surface area contributed by atoms with Gasteiger partial charge in [-0.1, -0.05) is 0 Å². The van der Waals surface area contributed by atoms with E-state index in [-0.39, 0.29) is 11.3 Å². The minimum absolute atomic E-state index is 0.236. The second kappa shape index (κ2) is 2.97. The van der Waals surface area contributed by atoms with Crippen molar-refractivity contribution in [2.45, 2.75) is 6.18 Å². The van der Waals surface area contributed by atoms with Crippen LogP contribution in [-0.4, -0.2) is 16.8 Å². The molecule has 0 aromatic heterocycles. The number of hydrogen-bond acceptors (Lipinski definition) is 3. The molecule has 16 heavy (non-hydrogen) atoms. The van der Waals surface area contributed by atoms with Crippen molar-refractivity contribution < 1.29 is 27.9 Å². The van der Waals surface area contributed by atoms with Crippen LogP contribution in [0.5, 0.6) is 5.75 Å². The third-order valence-electron chi connectivity index (χ3n) is 2.14. The van der Waals surface area contributed by atoms with Crippen LogP contribution in [0.1, 0.15) is 15.9 Å². The van der Waals surface area contributed by atoms with Gasteiger partial charge in [-0.05, 0) is 12.1 Å². The van der Waals surface area contributed by atoms with E-state index in [1.807, 2.05) is 5.32 Å². The Morgan fingerprint density at radius 3 is 2.38 bits per heavy atom. The average molecular weight is 231 g/mol. The maximum Gasteiger partial charge on any atom is 0.420 e. The van der Waals surface area contributed by atoms with E-state index in [1.54, 1.807) is 0 Å². The van der Waals surface area contributed by atoms with Crippen molar-refractivity contribution in [2.75, 3.05) is 5.32 Å². The predicted octanol–water partition coefficient (Wildman–Crippen LogP) is 1.55. The van der Waals surface area contributed by atoms with Crippen LogP contribution in [0.3, 0.4) is 0 Å². The largest absolute Gasteiger partial charge is 0.507 e. The highest BCUT2D eigenvalue weighted by Gasteiger charge is 2.38. The number of amides is 1. The van der Waals surface area contributed by atoms with E-state index in [2.05, 4.69) is 0 Å². The van der Waals surface area contributed by atoms with Gasteiger partial charge in [-0.3, -0.25) is 9.59 Å². The van der Waals surface area contributed by atoms with Crippen LogP contribution in [0.4, 0.5) is 18.9 Å². The van der Waals surface area contributed by atoms with Gasteiger partial charge in [-0.15, -0.1) is 0 Å². The summed E-state index contributed by atoms with van der Waals surface area (Å²) < 4.78 is 37.1. The molecule has 84 valence electrons. The van der Waals surface area contributed by atoms with Gasteiger partial charge in [-0.25, -0.2) is 0 Å². The monoisotopic (exact) mass is 231 g/mol. The van der Waals surface area contributed by atoms with Gasteiger partial charge < -0.3 is 10.4 Å². The fourth-order valence-electron chi connectivity index (χ4n) is 1.41. The van der Waals surface area contributed by atoms with Gasteiger partial charge in [0.15, 0.2) is 0 Å². The molecule has 7 heteroatoms.